The molecule has 0 aromatic carbocycles. The van der Waals surface area contributed by atoms with Gasteiger partial charge < -0.3 is 9.84 Å². The fourth-order valence-electron chi connectivity index (χ4n) is 6.48. The van der Waals surface area contributed by atoms with Crippen molar-refractivity contribution in [2.45, 2.75) is 71.8 Å². The standard InChI is InChI=1S/C22H30O4/c1-4-19(25)26-20-18(24)12-17-15-6-5-13-11-14(23)7-9-21(13,2)16(15)8-10-22(17,20)3/h5,7,15-17,20,23H,4,6,8-12H2,1-3H3/t15-,16+,17+,20-,21+,22+/m1/s1. The van der Waals surface area contributed by atoms with Crippen LogP contribution in [0, 0.1) is 28.6 Å². The zero-order valence-electron chi connectivity index (χ0n) is 16.1. The summed E-state index contributed by atoms with van der Waals surface area (Å²) < 4.78 is 5.62. The number of rotatable bonds is 2. The molecule has 4 nitrogen and oxygen atoms in total. The number of allylic oxidation sites excluding steroid dienone is 3. The molecule has 1 N–H and O–H groups in total. The van der Waals surface area contributed by atoms with Crippen molar-refractivity contribution in [3.63, 3.8) is 0 Å². The maximum absolute atomic E-state index is 12.7. The van der Waals surface area contributed by atoms with Crippen LogP contribution < -0.4 is 0 Å². The molecule has 4 aliphatic rings. The van der Waals surface area contributed by atoms with Crippen LogP contribution >= 0.6 is 0 Å². The molecule has 0 radical (unpaired) electrons. The first-order chi connectivity index (χ1) is 12.3. The maximum Gasteiger partial charge on any atom is 0.306 e. The van der Waals surface area contributed by atoms with E-state index < -0.39 is 6.10 Å². The molecular formula is C22H30O4. The van der Waals surface area contributed by atoms with E-state index in [2.05, 4.69) is 19.9 Å². The minimum atomic E-state index is -0.561. The summed E-state index contributed by atoms with van der Waals surface area (Å²) in [6, 6.07) is 0. The zero-order valence-corrected chi connectivity index (χ0v) is 16.1. The molecule has 4 rings (SSSR count). The Balaban J connectivity index is 1.64. The number of fused-ring (bicyclic) bond motifs is 5. The van der Waals surface area contributed by atoms with Gasteiger partial charge in [-0.25, -0.2) is 0 Å². The third kappa shape index (κ3) is 2.40. The number of hydrogen-bond donors (Lipinski definition) is 1. The van der Waals surface area contributed by atoms with Gasteiger partial charge in [0, 0.05) is 24.7 Å². The third-order valence-corrected chi connectivity index (χ3v) is 8.05. The van der Waals surface area contributed by atoms with E-state index in [1.54, 1.807) is 6.92 Å². The summed E-state index contributed by atoms with van der Waals surface area (Å²) in [4.78, 5) is 24.6. The molecule has 0 saturated heterocycles. The smallest absolute Gasteiger partial charge is 0.306 e. The number of aliphatic hydroxyl groups excluding tert-OH is 1. The second-order valence-electron chi connectivity index (χ2n) is 9.27. The molecule has 0 aromatic heterocycles. The average Bonchev–Trinajstić information content (AvgIpc) is 2.86. The van der Waals surface area contributed by atoms with E-state index in [0.717, 1.165) is 25.7 Å². The van der Waals surface area contributed by atoms with Gasteiger partial charge in [-0.1, -0.05) is 32.4 Å². The van der Waals surface area contributed by atoms with E-state index in [1.807, 2.05) is 6.08 Å². The van der Waals surface area contributed by atoms with E-state index in [0.29, 0.717) is 36.9 Å². The normalized spacial score (nSPS) is 44.3. The van der Waals surface area contributed by atoms with E-state index in [1.165, 1.54) is 5.57 Å². The molecule has 0 bridgehead atoms. The van der Waals surface area contributed by atoms with Gasteiger partial charge in [-0.2, -0.15) is 0 Å². The first kappa shape index (κ1) is 17.8. The number of carbonyl (C=O) groups excluding carboxylic acids is 2. The Morgan fingerprint density at radius 1 is 1.31 bits per heavy atom. The van der Waals surface area contributed by atoms with Gasteiger partial charge in [0.15, 0.2) is 11.9 Å². The molecule has 0 amide bonds. The second-order valence-corrected chi connectivity index (χ2v) is 9.27. The summed E-state index contributed by atoms with van der Waals surface area (Å²) >= 11 is 0. The highest BCUT2D eigenvalue weighted by Gasteiger charge is 2.62. The van der Waals surface area contributed by atoms with Crippen molar-refractivity contribution in [2.75, 3.05) is 0 Å². The highest BCUT2D eigenvalue weighted by Crippen LogP contribution is 2.64. The van der Waals surface area contributed by atoms with Crippen molar-refractivity contribution in [2.24, 2.45) is 28.6 Å². The number of carbonyl (C=O) groups is 2. The third-order valence-electron chi connectivity index (χ3n) is 8.05. The number of Topliss-reactive ketones (excluding diaryl/α,β-unsaturated/α-hetero) is 1. The van der Waals surface area contributed by atoms with Crippen LogP contribution in [0.2, 0.25) is 0 Å². The predicted octanol–water partition coefficient (Wildman–Crippen LogP) is 4.50. The van der Waals surface area contributed by atoms with Gasteiger partial charge in [0.05, 0.1) is 5.76 Å². The van der Waals surface area contributed by atoms with Crippen LogP contribution in [-0.4, -0.2) is 23.0 Å². The lowest BCUT2D eigenvalue weighted by Crippen LogP contribution is -2.51. The van der Waals surface area contributed by atoms with E-state index >= 15 is 0 Å². The number of hydrogen-bond acceptors (Lipinski definition) is 4. The Morgan fingerprint density at radius 2 is 2.08 bits per heavy atom. The minimum Gasteiger partial charge on any atom is -0.512 e. The largest absolute Gasteiger partial charge is 0.512 e. The first-order valence-corrected chi connectivity index (χ1v) is 10.1. The Hall–Kier alpha value is -1.58. The first-order valence-electron chi connectivity index (χ1n) is 10.1. The van der Waals surface area contributed by atoms with Crippen molar-refractivity contribution >= 4 is 11.8 Å². The molecule has 6 atom stereocenters. The van der Waals surface area contributed by atoms with Crippen LogP contribution in [0.3, 0.4) is 0 Å². The van der Waals surface area contributed by atoms with Crippen LogP contribution in [0.4, 0.5) is 0 Å². The Labute approximate surface area is 155 Å². The van der Waals surface area contributed by atoms with Crippen LogP contribution in [0.15, 0.2) is 23.5 Å². The fraction of sp³-hybridized carbons (Fsp3) is 0.727. The molecule has 4 heteroatoms. The lowest BCUT2D eigenvalue weighted by Gasteiger charge is -2.56. The zero-order chi connectivity index (χ0) is 18.7. The minimum absolute atomic E-state index is 0.0949. The molecule has 0 unspecified atom stereocenters. The SMILES string of the molecule is CCC(=O)O[C@@H]1C(=O)C[C@H]2[C@@H]3CC=C4CC(O)=CC[C@]4(C)[C@H]3CC[C@]12C. The predicted molar refractivity (Wildman–Crippen MR) is 98.4 cm³/mol. The Kier molecular flexibility index (Phi) is 4.09. The number of ketones is 1. The van der Waals surface area contributed by atoms with E-state index in [-0.39, 0.29) is 28.5 Å². The quantitative estimate of drug-likeness (QED) is 0.583. The van der Waals surface area contributed by atoms with Gasteiger partial charge in [0.25, 0.3) is 0 Å². The molecule has 0 spiro atoms. The van der Waals surface area contributed by atoms with Gasteiger partial charge in [-0.05, 0) is 54.9 Å². The number of esters is 1. The van der Waals surface area contributed by atoms with E-state index in [9.17, 15) is 14.7 Å². The van der Waals surface area contributed by atoms with Crippen LogP contribution in [0.1, 0.15) is 65.7 Å². The Morgan fingerprint density at radius 3 is 2.81 bits per heavy atom. The highest BCUT2D eigenvalue weighted by atomic mass is 16.5. The van der Waals surface area contributed by atoms with Crippen LogP contribution in [0.25, 0.3) is 0 Å². The molecule has 0 heterocycles. The maximum atomic E-state index is 12.7. The second kappa shape index (κ2) is 5.97. The molecule has 0 aliphatic heterocycles. The van der Waals surface area contributed by atoms with Crippen molar-refractivity contribution < 1.29 is 19.4 Å². The summed E-state index contributed by atoms with van der Waals surface area (Å²) in [6.45, 7) is 6.28. The molecule has 2 fully saturated rings. The van der Waals surface area contributed by atoms with Gasteiger partial charge in [0.1, 0.15) is 0 Å². The molecule has 2 saturated carbocycles. The number of ether oxygens (including phenoxy) is 1. The van der Waals surface area contributed by atoms with Crippen molar-refractivity contribution in [1.82, 2.24) is 0 Å². The molecule has 142 valence electrons. The van der Waals surface area contributed by atoms with Gasteiger partial charge in [-0.3, -0.25) is 9.59 Å². The van der Waals surface area contributed by atoms with Crippen molar-refractivity contribution in [1.29, 1.82) is 0 Å². The lowest BCUT2D eigenvalue weighted by molar-refractivity contribution is -0.163. The number of aliphatic hydroxyl groups is 1. The van der Waals surface area contributed by atoms with E-state index in [4.69, 9.17) is 4.74 Å². The fourth-order valence-corrected chi connectivity index (χ4v) is 6.48. The van der Waals surface area contributed by atoms with Gasteiger partial charge in [-0.15, -0.1) is 0 Å². The summed E-state index contributed by atoms with van der Waals surface area (Å²) in [5.41, 5.74) is 1.25. The molecular weight excluding hydrogens is 328 g/mol. The van der Waals surface area contributed by atoms with Gasteiger partial charge in [0.2, 0.25) is 0 Å². The molecule has 4 aliphatic carbocycles. The van der Waals surface area contributed by atoms with Crippen molar-refractivity contribution in [3.8, 4) is 0 Å². The highest BCUT2D eigenvalue weighted by molar-refractivity contribution is 5.89. The van der Waals surface area contributed by atoms with Crippen LogP contribution in [-0.2, 0) is 14.3 Å². The van der Waals surface area contributed by atoms with Crippen molar-refractivity contribution in [3.05, 3.63) is 23.5 Å². The monoisotopic (exact) mass is 358 g/mol. The average molecular weight is 358 g/mol. The molecule has 26 heavy (non-hydrogen) atoms. The van der Waals surface area contributed by atoms with Gasteiger partial charge >= 0.3 is 5.97 Å². The summed E-state index contributed by atoms with van der Waals surface area (Å²) in [5, 5.41) is 9.95. The summed E-state index contributed by atoms with van der Waals surface area (Å²) in [6.07, 6.45) is 9.15. The summed E-state index contributed by atoms with van der Waals surface area (Å²) in [7, 11) is 0. The topological polar surface area (TPSA) is 63.6 Å². The Bertz CT molecular complexity index is 705. The van der Waals surface area contributed by atoms with Crippen LogP contribution in [0.5, 0.6) is 0 Å². The molecule has 0 aromatic rings. The lowest BCUT2D eigenvalue weighted by atomic mass is 9.48. The summed E-state index contributed by atoms with van der Waals surface area (Å²) in [5.74, 6) is 1.64.